The van der Waals surface area contributed by atoms with Gasteiger partial charge in [-0.05, 0) is 42.3 Å². The molecule has 2 heterocycles. The molecule has 2 aromatic rings. The minimum absolute atomic E-state index is 0.00955. The minimum Gasteiger partial charge on any atom is -0.493 e. The average molecular weight is 353 g/mol. The Labute approximate surface area is 151 Å². The molecule has 0 amide bonds. The molecule has 0 saturated heterocycles. The zero-order valence-electron chi connectivity index (χ0n) is 14.7. The highest BCUT2D eigenvalue weighted by Crippen LogP contribution is 2.35. The van der Waals surface area contributed by atoms with E-state index < -0.39 is 0 Å². The standard InChI is InChI=1S/C20H19NO5/c1-23-18-7-12-5-6-21-15(14(12)9-19(18)24-2)10-16(22)13-3-4-17-20(8-13)26-11-25-17/h3-4,7-9H,5-6,10-11H2,1-2H3. The predicted octanol–water partition coefficient (Wildman–Crippen LogP) is 3.05. The van der Waals surface area contributed by atoms with E-state index >= 15 is 0 Å². The summed E-state index contributed by atoms with van der Waals surface area (Å²) in [6.45, 7) is 0.848. The second-order valence-corrected chi connectivity index (χ2v) is 6.11. The van der Waals surface area contributed by atoms with Crippen LogP contribution < -0.4 is 18.9 Å². The highest BCUT2D eigenvalue weighted by molar-refractivity contribution is 6.17. The first kappa shape index (κ1) is 16.4. The summed E-state index contributed by atoms with van der Waals surface area (Å²) in [4.78, 5) is 17.4. The SMILES string of the molecule is COc1cc2c(cc1OC)C(CC(=O)c1ccc3c(c1)OCO3)=NCC2. The molecule has 0 unspecified atom stereocenters. The average Bonchev–Trinajstić information content (AvgIpc) is 3.14. The fourth-order valence-electron chi connectivity index (χ4n) is 3.27. The van der Waals surface area contributed by atoms with Gasteiger partial charge in [-0.3, -0.25) is 9.79 Å². The van der Waals surface area contributed by atoms with Crippen LogP contribution in [0, 0.1) is 0 Å². The van der Waals surface area contributed by atoms with Gasteiger partial charge in [0.15, 0.2) is 28.8 Å². The number of nitrogens with zero attached hydrogens (tertiary/aromatic N) is 1. The highest BCUT2D eigenvalue weighted by atomic mass is 16.7. The predicted molar refractivity (Wildman–Crippen MR) is 96.2 cm³/mol. The molecule has 6 heteroatoms. The van der Waals surface area contributed by atoms with Gasteiger partial charge in [0.25, 0.3) is 0 Å². The third kappa shape index (κ3) is 2.87. The maximum absolute atomic E-state index is 12.8. The molecule has 0 fully saturated rings. The Morgan fingerprint density at radius 2 is 1.85 bits per heavy atom. The molecular weight excluding hydrogens is 334 g/mol. The number of Topliss-reactive ketones (excluding diaryl/α,β-unsaturated/α-hetero) is 1. The largest absolute Gasteiger partial charge is 0.493 e. The van der Waals surface area contributed by atoms with E-state index in [1.54, 1.807) is 32.4 Å². The van der Waals surface area contributed by atoms with Crippen LogP contribution in [0.1, 0.15) is 27.9 Å². The maximum atomic E-state index is 12.8. The Balaban J connectivity index is 1.61. The summed E-state index contributed by atoms with van der Waals surface area (Å²) >= 11 is 0. The van der Waals surface area contributed by atoms with Crippen LogP contribution in [-0.2, 0) is 6.42 Å². The zero-order chi connectivity index (χ0) is 18.1. The van der Waals surface area contributed by atoms with E-state index in [2.05, 4.69) is 4.99 Å². The Morgan fingerprint density at radius 1 is 1.08 bits per heavy atom. The molecule has 4 rings (SSSR count). The lowest BCUT2D eigenvalue weighted by Gasteiger charge is -2.19. The van der Waals surface area contributed by atoms with Gasteiger partial charge in [0.1, 0.15) is 0 Å². The van der Waals surface area contributed by atoms with Gasteiger partial charge >= 0.3 is 0 Å². The molecule has 134 valence electrons. The second kappa shape index (κ2) is 6.71. The third-order valence-corrected chi connectivity index (χ3v) is 4.63. The molecule has 0 saturated carbocycles. The Morgan fingerprint density at radius 3 is 2.65 bits per heavy atom. The lowest BCUT2D eigenvalue weighted by Crippen LogP contribution is -2.17. The van der Waals surface area contributed by atoms with E-state index in [1.165, 1.54) is 0 Å². The number of ketones is 1. The van der Waals surface area contributed by atoms with Gasteiger partial charge in [-0.2, -0.15) is 0 Å². The molecule has 26 heavy (non-hydrogen) atoms. The molecule has 0 atom stereocenters. The molecule has 0 spiro atoms. The van der Waals surface area contributed by atoms with E-state index in [0.29, 0.717) is 35.1 Å². The lowest BCUT2D eigenvalue weighted by atomic mass is 9.92. The first-order valence-corrected chi connectivity index (χ1v) is 8.41. The van der Waals surface area contributed by atoms with Gasteiger partial charge in [-0.1, -0.05) is 0 Å². The molecule has 6 nitrogen and oxygen atoms in total. The summed E-state index contributed by atoms with van der Waals surface area (Å²) < 4.78 is 21.4. The molecule has 0 aliphatic carbocycles. The fraction of sp³-hybridized carbons (Fsp3) is 0.300. The van der Waals surface area contributed by atoms with Gasteiger partial charge in [0.2, 0.25) is 6.79 Å². The molecule has 0 bridgehead atoms. The lowest BCUT2D eigenvalue weighted by molar-refractivity contribution is 0.1000. The quantitative estimate of drug-likeness (QED) is 0.773. The van der Waals surface area contributed by atoms with Gasteiger partial charge in [-0.25, -0.2) is 0 Å². The van der Waals surface area contributed by atoms with Crippen molar-refractivity contribution in [1.82, 2.24) is 0 Å². The van der Waals surface area contributed by atoms with Gasteiger partial charge in [-0.15, -0.1) is 0 Å². The van der Waals surface area contributed by atoms with Crippen molar-refractivity contribution < 1.29 is 23.7 Å². The van der Waals surface area contributed by atoms with Crippen LogP contribution >= 0.6 is 0 Å². The smallest absolute Gasteiger partial charge is 0.231 e. The summed E-state index contributed by atoms with van der Waals surface area (Å²) in [5, 5.41) is 0. The van der Waals surface area contributed by atoms with Crippen molar-refractivity contribution in [1.29, 1.82) is 0 Å². The van der Waals surface area contributed by atoms with Crippen LogP contribution in [0.4, 0.5) is 0 Å². The highest BCUT2D eigenvalue weighted by Gasteiger charge is 2.22. The minimum atomic E-state index is -0.00955. The molecule has 0 N–H and O–H groups in total. The van der Waals surface area contributed by atoms with E-state index in [-0.39, 0.29) is 19.0 Å². The number of hydrogen-bond acceptors (Lipinski definition) is 6. The van der Waals surface area contributed by atoms with E-state index in [4.69, 9.17) is 18.9 Å². The van der Waals surface area contributed by atoms with E-state index in [1.807, 2.05) is 12.1 Å². The van der Waals surface area contributed by atoms with Crippen LogP contribution in [-0.4, -0.2) is 39.1 Å². The monoisotopic (exact) mass is 353 g/mol. The van der Waals surface area contributed by atoms with Crippen molar-refractivity contribution in [3.05, 3.63) is 47.0 Å². The first-order valence-electron chi connectivity index (χ1n) is 8.41. The number of rotatable bonds is 5. The molecule has 2 aromatic carbocycles. The number of carbonyl (C=O) groups excluding carboxylic acids is 1. The summed E-state index contributed by atoms with van der Waals surface area (Å²) in [6, 6.07) is 9.12. The fourth-order valence-corrected chi connectivity index (χ4v) is 3.27. The molecule has 0 radical (unpaired) electrons. The number of carbonyl (C=O) groups is 1. The number of ether oxygens (including phenoxy) is 4. The molecule has 2 aliphatic rings. The summed E-state index contributed by atoms with van der Waals surface area (Å²) in [6.07, 6.45) is 1.04. The maximum Gasteiger partial charge on any atom is 0.231 e. The number of hydrogen-bond donors (Lipinski definition) is 0. The van der Waals surface area contributed by atoms with Crippen molar-refractivity contribution in [3.63, 3.8) is 0 Å². The Kier molecular flexibility index (Phi) is 4.24. The molecule has 2 aliphatic heterocycles. The topological polar surface area (TPSA) is 66.4 Å². The molecular formula is C20H19NO5. The van der Waals surface area contributed by atoms with Gasteiger partial charge in [0.05, 0.1) is 26.4 Å². The molecule has 0 aromatic heterocycles. The number of fused-ring (bicyclic) bond motifs is 2. The number of methoxy groups -OCH3 is 2. The number of benzene rings is 2. The zero-order valence-corrected chi connectivity index (χ0v) is 14.7. The third-order valence-electron chi connectivity index (χ3n) is 4.63. The van der Waals surface area contributed by atoms with E-state index in [9.17, 15) is 4.79 Å². The van der Waals surface area contributed by atoms with Crippen LogP contribution in [0.3, 0.4) is 0 Å². The summed E-state index contributed by atoms with van der Waals surface area (Å²) in [5.41, 5.74) is 3.42. The van der Waals surface area contributed by atoms with Crippen molar-refractivity contribution in [2.75, 3.05) is 27.6 Å². The first-order chi connectivity index (χ1) is 12.7. The summed E-state index contributed by atoms with van der Waals surface area (Å²) in [5.74, 6) is 2.59. The van der Waals surface area contributed by atoms with Crippen LogP contribution in [0.15, 0.2) is 35.3 Å². The van der Waals surface area contributed by atoms with Crippen molar-refractivity contribution >= 4 is 11.5 Å². The Bertz CT molecular complexity index is 903. The van der Waals surface area contributed by atoms with Crippen molar-refractivity contribution in [2.45, 2.75) is 12.8 Å². The Hall–Kier alpha value is -3.02. The van der Waals surface area contributed by atoms with Crippen molar-refractivity contribution in [2.24, 2.45) is 4.99 Å². The van der Waals surface area contributed by atoms with Crippen molar-refractivity contribution in [3.8, 4) is 23.0 Å². The van der Waals surface area contributed by atoms with Gasteiger partial charge < -0.3 is 18.9 Å². The summed E-state index contributed by atoms with van der Waals surface area (Å²) in [7, 11) is 3.22. The van der Waals surface area contributed by atoms with E-state index in [0.717, 1.165) is 23.3 Å². The number of aliphatic imine (C=N–C) groups is 1. The normalized spacial score (nSPS) is 14.5. The second-order valence-electron chi connectivity index (χ2n) is 6.11. The van der Waals surface area contributed by atoms with Crippen LogP contribution in [0.25, 0.3) is 0 Å². The van der Waals surface area contributed by atoms with Gasteiger partial charge in [0, 0.05) is 17.7 Å². The van der Waals surface area contributed by atoms with Crippen LogP contribution in [0.2, 0.25) is 0 Å². The van der Waals surface area contributed by atoms with Crippen LogP contribution in [0.5, 0.6) is 23.0 Å².